The van der Waals surface area contributed by atoms with Crippen molar-refractivity contribution in [3.05, 3.63) is 28.9 Å². The molecule has 0 atom stereocenters. The minimum absolute atomic E-state index is 0. The van der Waals surface area contributed by atoms with Crippen LogP contribution in [0.25, 0.3) is 6.08 Å². The van der Waals surface area contributed by atoms with Crippen LogP contribution in [0.3, 0.4) is 0 Å². The molecule has 1 aromatic rings. The maximum atomic E-state index is 11.4. The van der Waals surface area contributed by atoms with E-state index in [1.54, 1.807) is 6.07 Å². The summed E-state index contributed by atoms with van der Waals surface area (Å²) >= 11 is 6.07. The third kappa shape index (κ3) is 7.83. The van der Waals surface area contributed by atoms with E-state index < -0.39 is 5.91 Å². The minimum atomic E-state index is -0.640. The largest absolute Gasteiger partial charge is 0.367 e. The Balaban J connectivity index is 0.00000484. The maximum Gasteiger partial charge on any atom is 0.267 e. The standard InChI is InChI=1S/C14H19ClN4O3.ClH/c1-9(2)14(21)17-6-5-16-13-11(15)7-10(8-18-13)3-4-12(20)19-22;/h3-4,7-9,22H,5-6H2,1-2H3,(H,16,18)(H,17,21)(H,19,20);1H/b4-3+;. The van der Waals surface area contributed by atoms with Gasteiger partial charge in [-0.05, 0) is 17.7 Å². The van der Waals surface area contributed by atoms with Crippen LogP contribution in [-0.2, 0) is 9.59 Å². The molecule has 0 aromatic carbocycles. The average molecular weight is 363 g/mol. The van der Waals surface area contributed by atoms with Gasteiger partial charge >= 0.3 is 0 Å². The molecule has 0 bridgehead atoms. The summed E-state index contributed by atoms with van der Waals surface area (Å²) in [5.41, 5.74) is 2.10. The molecule has 0 unspecified atom stereocenters. The summed E-state index contributed by atoms with van der Waals surface area (Å²) in [6.07, 6.45) is 4.15. The first-order chi connectivity index (χ1) is 10.4. The molecule has 4 N–H and O–H groups in total. The number of rotatable bonds is 7. The first-order valence-corrected chi connectivity index (χ1v) is 7.11. The van der Waals surface area contributed by atoms with E-state index in [-0.39, 0.29) is 24.2 Å². The van der Waals surface area contributed by atoms with Crippen LogP contribution >= 0.6 is 24.0 Å². The Labute approximate surface area is 145 Å². The van der Waals surface area contributed by atoms with Gasteiger partial charge in [0.15, 0.2) is 0 Å². The van der Waals surface area contributed by atoms with E-state index in [2.05, 4.69) is 15.6 Å². The summed E-state index contributed by atoms with van der Waals surface area (Å²) < 4.78 is 0. The second-order valence-electron chi connectivity index (χ2n) is 4.78. The van der Waals surface area contributed by atoms with Crippen molar-refractivity contribution in [3.8, 4) is 0 Å². The topological polar surface area (TPSA) is 103 Å². The van der Waals surface area contributed by atoms with E-state index in [0.29, 0.717) is 29.5 Å². The van der Waals surface area contributed by atoms with Gasteiger partial charge in [-0.15, -0.1) is 12.4 Å². The highest BCUT2D eigenvalue weighted by molar-refractivity contribution is 6.33. The number of anilines is 1. The zero-order chi connectivity index (χ0) is 16.5. The lowest BCUT2D eigenvalue weighted by atomic mass is 10.2. The van der Waals surface area contributed by atoms with Crippen molar-refractivity contribution in [1.82, 2.24) is 15.8 Å². The smallest absolute Gasteiger partial charge is 0.267 e. The van der Waals surface area contributed by atoms with Gasteiger partial charge in [-0.1, -0.05) is 25.4 Å². The third-order valence-electron chi connectivity index (χ3n) is 2.64. The van der Waals surface area contributed by atoms with Gasteiger partial charge in [-0.2, -0.15) is 0 Å². The molecular weight excluding hydrogens is 343 g/mol. The van der Waals surface area contributed by atoms with Crippen LogP contribution < -0.4 is 16.1 Å². The van der Waals surface area contributed by atoms with E-state index in [0.717, 1.165) is 6.08 Å². The monoisotopic (exact) mass is 362 g/mol. The molecule has 0 spiro atoms. The Morgan fingerprint density at radius 1 is 1.39 bits per heavy atom. The fraction of sp³-hybridized carbons (Fsp3) is 0.357. The normalized spacial score (nSPS) is 10.3. The van der Waals surface area contributed by atoms with Crippen LogP contribution in [-0.4, -0.2) is 35.1 Å². The molecule has 1 heterocycles. The molecule has 0 aliphatic carbocycles. The number of nitrogens with one attached hydrogen (secondary N) is 3. The van der Waals surface area contributed by atoms with Gasteiger partial charge in [0.05, 0.1) is 5.02 Å². The second-order valence-corrected chi connectivity index (χ2v) is 5.19. The van der Waals surface area contributed by atoms with Crippen LogP contribution in [0.5, 0.6) is 0 Å². The number of hydroxylamine groups is 1. The van der Waals surface area contributed by atoms with Crippen molar-refractivity contribution < 1.29 is 14.8 Å². The highest BCUT2D eigenvalue weighted by Crippen LogP contribution is 2.20. The molecule has 0 fully saturated rings. The lowest BCUT2D eigenvalue weighted by molar-refractivity contribution is -0.124. The average Bonchev–Trinajstić information content (AvgIpc) is 2.50. The van der Waals surface area contributed by atoms with E-state index in [1.807, 2.05) is 13.8 Å². The number of pyridine rings is 1. The van der Waals surface area contributed by atoms with Crippen molar-refractivity contribution in [2.45, 2.75) is 13.8 Å². The van der Waals surface area contributed by atoms with Crippen molar-refractivity contribution >= 4 is 47.7 Å². The molecule has 1 rings (SSSR count). The van der Waals surface area contributed by atoms with Crippen LogP contribution in [0.15, 0.2) is 18.3 Å². The van der Waals surface area contributed by atoms with E-state index in [9.17, 15) is 9.59 Å². The Morgan fingerprint density at radius 2 is 2.09 bits per heavy atom. The Morgan fingerprint density at radius 3 is 2.65 bits per heavy atom. The summed E-state index contributed by atoms with van der Waals surface area (Å²) in [5, 5.41) is 14.5. The number of halogens is 2. The number of hydrogen-bond acceptors (Lipinski definition) is 5. The molecule has 1 aromatic heterocycles. The number of carbonyl (C=O) groups excluding carboxylic acids is 2. The lowest BCUT2D eigenvalue weighted by Gasteiger charge is -2.10. The van der Waals surface area contributed by atoms with Gasteiger partial charge in [-0.25, -0.2) is 10.5 Å². The van der Waals surface area contributed by atoms with Crippen molar-refractivity contribution in [2.24, 2.45) is 5.92 Å². The van der Waals surface area contributed by atoms with Crippen LogP contribution in [0.2, 0.25) is 5.02 Å². The zero-order valence-corrected chi connectivity index (χ0v) is 14.4. The van der Waals surface area contributed by atoms with Gasteiger partial charge in [0.1, 0.15) is 5.82 Å². The number of nitrogens with zero attached hydrogens (tertiary/aromatic N) is 1. The SMILES string of the molecule is CC(C)C(=O)NCCNc1ncc(/C=C/C(=O)NO)cc1Cl.Cl. The van der Waals surface area contributed by atoms with Gasteiger partial charge in [0.25, 0.3) is 5.91 Å². The molecular formula is C14H20Cl2N4O3. The quantitative estimate of drug-likeness (QED) is 0.256. The van der Waals surface area contributed by atoms with Crippen molar-refractivity contribution in [2.75, 3.05) is 18.4 Å². The van der Waals surface area contributed by atoms with Gasteiger partial charge in [-0.3, -0.25) is 14.8 Å². The van der Waals surface area contributed by atoms with Crippen LogP contribution in [0.4, 0.5) is 5.82 Å². The highest BCUT2D eigenvalue weighted by Gasteiger charge is 2.06. The van der Waals surface area contributed by atoms with Gasteiger partial charge in [0.2, 0.25) is 5.91 Å². The second kappa shape index (κ2) is 10.8. The maximum absolute atomic E-state index is 11.4. The zero-order valence-electron chi connectivity index (χ0n) is 12.8. The molecule has 23 heavy (non-hydrogen) atoms. The highest BCUT2D eigenvalue weighted by atomic mass is 35.5. The van der Waals surface area contributed by atoms with E-state index >= 15 is 0 Å². The summed E-state index contributed by atoms with van der Waals surface area (Å²) in [5.74, 6) is -0.212. The number of carbonyl (C=O) groups is 2. The van der Waals surface area contributed by atoms with Crippen molar-refractivity contribution in [3.63, 3.8) is 0 Å². The molecule has 2 amide bonds. The third-order valence-corrected chi connectivity index (χ3v) is 2.93. The molecule has 0 aliphatic rings. The molecule has 0 saturated carbocycles. The Hall–Kier alpha value is -1.83. The summed E-state index contributed by atoms with van der Waals surface area (Å²) in [6.45, 7) is 4.61. The molecule has 128 valence electrons. The molecule has 0 aliphatic heterocycles. The molecule has 0 radical (unpaired) electrons. The minimum Gasteiger partial charge on any atom is -0.367 e. The lowest BCUT2D eigenvalue weighted by Crippen LogP contribution is -2.32. The molecule has 0 saturated heterocycles. The predicted octanol–water partition coefficient (Wildman–Crippen LogP) is 1.86. The molecule has 7 nitrogen and oxygen atoms in total. The van der Waals surface area contributed by atoms with Crippen LogP contribution in [0, 0.1) is 5.92 Å². The number of aromatic nitrogens is 1. The van der Waals surface area contributed by atoms with Crippen molar-refractivity contribution in [1.29, 1.82) is 0 Å². The van der Waals surface area contributed by atoms with E-state index in [1.165, 1.54) is 17.8 Å². The molecule has 9 heteroatoms. The summed E-state index contributed by atoms with van der Waals surface area (Å²) in [7, 11) is 0. The Kier molecular flexibility index (Phi) is 9.96. The summed E-state index contributed by atoms with van der Waals surface area (Å²) in [4.78, 5) is 26.4. The Bertz CT molecular complexity index is 565. The van der Waals surface area contributed by atoms with Crippen LogP contribution in [0.1, 0.15) is 19.4 Å². The fourth-order valence-electron chi connectivity index (χ4n) is 1.45. The number of hydrogen-bond donors (Lipinski definition) is 4. The predicted molar refractivity (Wildman–Crippen MR) is 91.8 cm³/mol. The summed E-state index contributed by atoms with van der Waals surface area (Å²) in [6, 6.07) is 1.63. The fourth-order valence-corrected chi connectivity index (χ4v) is 1.70. The first-order valence-electron chi connectivity index (χ1n) is 6.73. The van der Waals surface area contributed by atoms with E-state index in [4.69, 9.17) is 16.8 Å². The van der Waals surface area contributed by atoms with Gasteiger partial charge in [0, 0.05) is 31.3 Å². The first kappa shape index (κ1) is 21.2. The number of amides is 2. The van der Waals surface area contributed by atoms with Gasteiger partial charge < -0.3 is 10.6 Å².